The summed E-state index contributed by atoms with van der Waals surface area (Å²) in [5, 5.41) is 35.8. The number of rotatable bonds is 18. The van der Waals surface area contributed by atoms with E-state index < -0.39 is 42.7 Å². The summed E-state index contributed by atoms with van der Waals surface area (Å²) >= 11 is 0. The quantitative estimate of drug-likeness (QED) is 0.197. The second-order valence-electron chi connectivity index (χ2n) is 8.39. The predicted molar refractivity (Wildman–Crippen MR) is 123 cm³/mol. The Labute approximate surface area is 193 Å². The van der Waals surface area contributed by atoms with Crippen molar-refractivity contribution in [3.05, 3.63) is 0 Å². The van der Waals surface area contributed by atoms with E-state index in [4.69, 9.17) is 9.47 Å². The number of carbonyl (C=O) groups is 2. The van der Waals surface area contributed by atoms with Crippen molar-refractivity contribution >= 4 is 12.2 Å². The molecule has 0 saturated heterocycles. The zero-order chi connectivity index (χ0) is 24.4. The van der Waals surface area contributed by atoms with Gasteiger partial charge in [-0.2, -0.15) is 0 Å². The molecule has 9 heteroatoms. The van der Waals surface area contributed by atoms with Crippen LogP contribution in [0.4, 0.5) is 9.59 Å². The van der Waals surface area contributed by atoms with Crippen molar-refractivity contribution < 1.29 is 34.4 Å². The molecule has 0 aliphatic rings. The van der Waals surface area contributed by atoms with E-state index in [-0.39, 0.29) is 0 Å². The molecule has 0 aromatic rings. The molecule has 0 bridgehead atoms. The Balaban J connectivity index is 4.61. The van der Waals surface area contributed by atoms with Crippen molar-refractivity contribution in [1.29, 1.82) is 0 Å². The number of hydrogen-bond acceptors (Lipinski definition) is 7. The summed E-state index contributed by atoms with van der Waals surface area (Å²) in [7, 11) is 0. The van der Waals surface area contributed by atoms with Gasteiger partial charge >= 0.3 is 12.2 Å². The van der Waals surface area contributed by atoms with Crippen LogP contribution in [0.1, 0.15) is 91.9 Å². The first kappa shape index (κ1) is 30.4. The summed E-state index contributed by atoms with van der Waals surface area (Å²) in [5.41, 5.74) is 0. The molecule has 0 aromatic carbocycles. The predicted octanol–water partition coefficient (Wildman–Crippen LogP) is 3.24. The number of nitrogens with one attached hydrogen (secondary N) is 2. The van der Waals surface area contributed by atoms with Crippen LogP contribution in [-0.4, -0.2) is 71.1 Å². The van der Waals surface area contributed by atoms with Crippen LogP contribution in [0.15, 0.2) is 0 Å². The monoisotopic (exact) mass is 462 g/mol. The van der Waals surface area contributed by atoms with E-state index in [1.165, 1.54) is 13.8 Å². The first-order valence-corrected chi connectivity index (χ1v) is 12.2. The minimum Gasteiger partial charge on any atom is -0.441 e. The third-order valence-electron chi connectivity index (χ3n) is 5.21. The fraction of sp³-hybridized carbons (Fsp3) is 0.913. The number of aliphatic hydroxyl groups excluding tert-OH is 3. The van der Waals surface area contributed by atoms with Crippen LogP contribution in [0.3, 0.4) is 0 Å². The van der Waals surface area contributed by atoms with Gasteiger partial charge in [0.05, 0.1) is 12.2 Å². The van der Waals surface area contributed by atoms with Crippen molar-refractivity contribution in [2.24, 2.45) is 0 Å². The minimum atomic E-state index is -1.61. The standard InChI is InChI=1S/C23H46N2O7/c1-5-7-9-11-13-15-24-22(29)31-20(17(3)26)19(28)21(18(4)27)32-23(30)25-16-14-12-10-8-6-2/h17-21,26-28H,5-16H2,1-4H3,(H,24,29)(H,25,30). The molecule has 4 atom stereocenters. The number of unbranched alkanes of at least 4 members (excludes halogenated alkanes) is 8. The average molecular weight is 463 g/mol. The van der Waals surface area contributed by atoms with Gasteiger partial charge in [-0.05, 0) is 26.7 Å². The molecule has 0 heterocycles. The summed E-state index contributed by atoms with van der Waals surface area (Å²) in [5.74, 6) is 0. The SMILES string of the molecule is CCCCCCCNC(=O)OC(C(C)O)C(O)C(OC(=O)NCCCCCCC)C(C)O. The van der Waals surface area contributed by atoms with Gasteiger partial charge in [-0.15, -0.1) is 0 Å². The van der Waals surface area contributed by atoms with E-state index in [2.05, 4.69) is 24.5 Å². The lowest BCUT2D eigenvalue weighted by molar-refractivity contribution is -0.130. The first-order chi connectivity index (χ1) is 15.2. The van der Waals surface area contributed by atoms with Crippen molar-refractivity contribution in [3.63, 3.8) is 0 Å². The van der Waals surface area contributed by atoms with Crippen LogP contribution in [0.25, 0.3) is 0 Å². The molecule has 4 unspecified atom stereocenters. The molecule has 190 valence electrons. The number of amides is 2. The van der Waals surface area contributed by atoms with Gasteiger partial charge in [0.2, 0.25) is 0 Å². The van der Waals surface area contributed by atoms with Gasteiger partial charge < -0.3 is 35.4 Å². The Morgan fingerprint density at radius 1 is 0.656 bits per heavy atom. The summed E-state index contributed by atoms with van der Waals surface area (Å²) in [6, 6.07) is 0. The molecule has 0 fully saturated rings. The van der Waals surface area contributed by atoms with Gasteiger partial charge in [0.15, 0.2) is 12.2 Å². The van der Waals surface area contributed by atoms with Gasteiger partial charge in [0.1, 0.15) is 6.10 Å². The van der Waals surface area contributed by atoms with Crippen LogP contribution < -0.4 is 10.6 Å². The van der Waals surface area contributed by atoms with E-state index in [9.17, 15) is 24.9 Å². The van der Waals surface area contributed by atoms with E-state index in [1.807, 2.05) is 0 Å². The molecular formula is C23H46N2O7. The first-order valence-electron chi connectivity index (χ1n) is 12.2. The third kappa shape index (κ3) is 14.5. The Hall–Kier alpha value is -1.58. The molecule has 5 N–H and O–H groups in total. The van der Waals surface area contributed by atoms with Gasteiger partial charge in [0, 0.05) is 13.1 Å². The van der Waals surface area contributed by atoms with Crippen molar-refractivity contribution in [1.82, 2.24) is 10.6 Å². The Morgan fingerprint density at radius 3 is 1.31 bits per heavy atom. The number of carbonyl (C=O) groups excluding carboxylic acids is 2. The number of aliphatic hydroxyl groups is 3. The van der Waals surface area contributed by atoms with E-state index in [0.29, 0.717) is 13.1 Å². The highest BCUT2D eigenvalue weighted by atomic mass is 16.6. The largest absolute Gasteiger partial charge is 0.441 e. The smallest absolute Gasteiger partial charge is 0.407 e. The van der Waals surface area contributed by atoms with Crippen molar-refractivity contribution in [2.75, 3.05) is 13.1 Å². The second-order valence-corrected chi connectivity index (χ2v) is 8.39. The molecule has 0 aliphatic carbocycles. The molecule has 0 spiro atoms. The summed E-state index contributed by atoms with van der Waals surface area (Å²) in [4.78, 5) is 24.2. The summed E-state index contributed by atoms with van der Waals surface area (Å²) in [6.45, 7) is 7.78. The second kappa shape index (κ2) is 18.9. The molecule has 2 amide bonds. The maximum Gasteiger partial charge on any atom is 0.407 e. The summed E-state index contributed by atoms with van der Waals surface area (Å²) < 4.78 is 10.4. The zero-order valence-electron chi connectivity index (χ0n) is 20.3. The normalized spacial score (nSPS) is 15.8. The van der Waals surface area contributed by atoms with Crippen LogP contribution >= 0.6 is 0 Å². The molecule has 9 nitrogen and oxygen atoms in total. The highest BCUT2D eigenvalue weighted by molar-refractivity contribution is 5.68. The van der Waals surface area contributed by atoms with Crippen molar-refractivity contribution in [2.45, 2.75) is 122 Å². The molecule has 0 rings (SSSR count). The average Bonchev–Trinajstić information content (AvgIpc) is 2.74. The van der Waals surface area contributed by atoms with Crippen molar-refractivity contribution in [3.8, 4) is 0 Å². The Kier molecular flexibility index (Phi) is 18.0. The number of alkyl carbamates (subject to hydrolysis) is 2. The molecular weight excluding hydrogens is 416 g/mol. The highest BCUT2D eigenvalue weighted by Crippen LogP contribution is 2.16. The van der Waals surface area contributed by atoms with Crippen LogP contribution in [0.5, 0.6) is 0 Å². The van der Waals surface area contributed by atoms with Gasteiger partial charge in [-0.25, -0.2) is 9.59 Å². The zero-order valence-corrected chi connectivity index (χ0v) is 20.3. The van der Waals surface area contributed by atoms with Gasteiger partial charge in [-0.3, -0.25) is 0 Å². The third-order valence-corrected chi connectivity index (χ3v) is 5.21. The van der Waals surface area contributed by atoms with E-state index in [1.54, 1.807) is 0 Å². The Morgan fingerprint density at radius 2 is 1.00 bits per heavy atom. The highest BCUT2D eigenvalue weighted by Gasteiger charge is 2.39. The molecule has 32 heavy (non-hydrogen) atoms. The molecule has 0 radical (unpaired) electrons. The topological polar surface area (TPSA) is 137 Å². The van der Waals surface area contributed by atoms with Crippen LogP contribution in [0, 0.1) is 0 Å². The van der Waals surface area contributed by atoms with Crippen LogP contribution in [0.2, 0.25) is 0 Å². The fourth-order valence-corrected chi connectivity index (χ4v) is 3.26. The lowest BCUT2D eigenvalue weighted by Gasteiger charge is -2.32. The number of hydrogen-bond donors (Lipinski definition) is 5. The summed E-state index contributed by atoms with van der Waals surface area (Å²) in [6.07, 6.45) is 1.90. The maximum absolute atomic E-state index is 12.1. The Bertz CT molecular complexity index is 447. The lowest BCUT2D eigenvalue weighted by atomic mass is 10.0. The maximum atomic E-state index is 12.1. The minimum absolute atomic E-state index is 0.419. The van der Waals surface area contributed by atoms with E-state index >= 15 is 0 Å². The lowest BCUT2D eigenvalue weighted by Crippen LogP contribution is -2.53. The number of ether oxygens (including phenoxy) is 2. The van der Waals surface area contributed by atoms with Gasteiger partial charge in [-0.1, -0.05) is 65.2 Å². The van der Waals surface area contributed by atoms with E-state index in [0.717, 1.165) is 64.2 Å². The molecule has 0 aromatic heterocycles. The molecule has 0 aliphatic heterocycles. The van der Waals surface area contributed by atoms with Gasteiger partial charge in [0.25, 0.3) is 0 Å². The fourth-order valence-electron chi connectivity index (χ4n) is 3.26. The van der Waals surface area contributed by atoms with Crippen LogP contribution in [-0.2, 0) is 9.47 Å². The molecule has 0 saturated carbocycles.